The molecule has 0 aliphatic heterocycles. The molecule has 2 aromatic carbocycles. The van der Waals surface area contributed by atoms with E-state index < -0.39 is 0 Å². The van der Waals surface area contributed by atoms with Gasteiger partial charge in [-0.05, 0) is 69.4 Å². The molecule has 1 aromatic heterocycles. The lowest BCUT2D eigenvalue weighted by atomic mass is 10.1. The van der Waals surface area contributed by atoms with Gasteiger partial charge in [0.2, 0.25) is 0 Å². The predicted octanol–water partition coefficient (Wildman–Crippen LogP) is 4.13. The molecule has 0 atom stereocenters. The maximum Gasteiger partial charge on any atom is 0.260 e. The summed E-state index contributed by atoms with van der Waals surface area (Å²) in [5, 5.41) is 0.727. The Morgan fingerprint density at radius 3 is 2.56 bits per heavy atom. The maximum atomic E-state index is 13.3. The number of amides is 1. The van der Waals surface area contributed by atoms with Gasteiger partial charge in [-0.2, -0.15) is 0 Å². The van der Waals surface area contributed by atoms with E-state index in [1.807, 2.05) is 32.3 Å². The Labute approximate surface area is 164 Å². The number of rotatable bonds is 6. The molecule has 3 rings (SSSR count). The van der Waals surface area contributed by atoms with Crippen molar-refractivity contribution in [3.8, 4) is 5.75 Å². The third-order valence-electron chi connectivity index (χ3n) is 4.56. The zero-order valence-corrected chi connectivity index (χ0v) is 17.3. The molecular weight excluding hydrogens is 358 g/mol. The molecule has 0 radical (unpaired) electrons. The molecular formula is C21H25N3O2S. The average Bonchev–Trinajstić information content (AvgIpc) is 3.04. The minimum absolute atomic E-state index is 0.0664. The molecule has 0 saturated carbocycles. The van der Waals surface area contributed by atoms with Crippen LogP contribution in [0.4, 0.5) is 5.13 Å². The highest BCUT2D eigenvalue weighted by Crippen LogP contribution is 2.31. The molecule has 142 valence electrons. The zero-order chi connectivity index (χ0) is 19.6. The van der Waals surface area contributed by atoms with Crippen molar-refractivity contribution in [1.29, 1.82) is 0 Å². The number of nitrogens with zero attached hydrogens (tertiary/aromatic N) is 3. The van der Waals surface area contributed by atoms with Crippen molar-refractivity contribution in [1.82, 2.24) is 9.88 Å². The number of thiazole rings is 1. The Morgan fingerprint density at radius 1 is 1.11 bits per heavy atom. The van der Waals surface area contributed by atoms with Gasteiger partial charge in [0.15, 0.2) is 5.13 Å². The second kappa shape index (κ2) is 8.06. The van der Waals surface area contributed by atoms with Gasteiger partial charge in [-0.15, -0.1) is 0 Å². The summed E-state index contributed by atoms with van der Waals surface area (Å²) in [6.45, 7) is 5.50. The minimum Gasteiger partial charge on any atom is -0.497 e. The van der Waals surface area contributed by atoms with Gasteiger partial charge < -0.3 is 9.64 Å². The van der Waals surface area contributed by atoms with Crippen LogP contribution in [0.5, 0.6) is 5.75 Å². The smallest absolute Gasteiger partial charge is 0.260 e. The van der Waals surface area contributed by atoms with Gasteiger partial charge in [0.1, 0.15) is 5.75 Å². The fourth-order valence-corrected chi connectivity index (χ4v) is 3.85. The standard InChI is InChI=1S/C21H25N3O2S/c1-14-11-18-19(12-15(14)2)27-21(22-18)24(10-9-23(3)4)20(25)16-7-6-8-17(13-16)26-5/h6-8,11-13H,9-10H2,1-5H3. The second-order valence-electron chi connectivity index (χ2n) is 6.89. The number of carbonyl (C=O) groups is 1. The van der Waals surface area contributed by atoms with Crippen molar-refractivity contribution in [2.24, 2.45) is 0 Å². The molecule has 0 unspecified atom stereocenters. The van der Waals surface area contributed by atoms with Crippen molar-refractivity contribution in [2.45, 2.75) is 13.8 Å². The van der Waals surface area contributed by atoms with E-state index >= 15 is 0 Å². The summed E-state index contributed by atoms with van der Waals surface area (Å²) >= 11 is 1.56. The Balaban J connectivity index is 2.01. The Bertz CT molecular complexity index is 926. The first kappa shape index (κ1) is 19.3. The van der Waals surface area contributed by atoms with Crippen molar-refractivity contribution < 1.29 is 9.53 Å². The van der Waals surface area contributed by atoms with Crippen molar-refractivity contribution in [3.63, 3.8) is 0 Å². The molecule has 0 spiro atoms. The van der Waals surface area contributed by atoms with Crippen LogP contribution in [0, 0.1) is 13.8 Å². The molecule has 0 N–H and O–H groups in total. The fraction of sp³-hybridized carbons (Fsp3) is 0.333. The highest BCUT2D eigenvalue weighted by Gasteiger charge is 2.22. The molecule has 0 aliphatic carbocycles. The summed E-state index contributed by atoms with van der Waals surface area (Å²) in [6.07, 6.45) is 0. The van der Waals surface area contributed by atoms with Gasteiger partial charge in [0.05, 0.1) is 17.3 Å². The summed E-state index contributed by atoms with van der Waals surface area (Å²) in [4.78, 5) is 21.8. The number of hydrogen-bond acceptors (Lipinski definition) is 5. The van der Waals surface area contributed by atoms with E-state index in [0.717, 1.165) is 21.9 Å². The number of fused-ring (bicyclic) bond motifs is 1. The Morgan fingerprint density at radius 2 is 1.85 bits per heavy atom. The quantitative estimate of drug-likeness (QED) is 0.642. The first-order valence-electron chi connectivity index (χ1n) is 8.87. The topological polar surface area (TPSA) is 45.7 Å². The van der Waals surface area contributed by atoms with Gasteiger partial charge in [-0.25, -0.2) is 4.98 Å². The van der Waals surface area contributed by atoms with E-state index in [1.54, 1.807) is 29.4 Å². The summed E-state index contributed by atoms with van der Waals surface area (Å²) < 4.78 is 6.37. The number of benzene rings is 2. The average molecular weight is 384 g/mol. The number of ether oxygens (including phenoxy) is 1. The molecule has 0 fully saturated rings. The lowest BCUT2D eigenvalue weighted by Gasteiger charge is -2.22. The lowest BCUT2D eigenvalue weighted by molar-refractivity contribution is 0.0985. The van der Waals surface area contributed by atoms with E-state index in [4.69, 9.17) is 9.72 Å². The van der Waals surface area contributed by atoms with Crippen LogP contribution in [-0.2, 0) is 0 Å². The number of anilines is 1. The van der Waals surface area contributed by atoms with Crippen LogP contribution < -0.4 is 9.64 Å². The summed E-state index contributed by atoms with van der Waals surface area (Å²) in [5.41, 5.74) is 3.97. The van der Waals surface area contributed by atoms with E-state index in [1.165, 1.54) is 11.1 Å². The lowest BCUT2D eigenvalue weighted by Crippen LogP contribution is -2.36. The highest BCUT2D eigenvalue weighted by atomic mass is 32.1. The van der Waals surface area contributed by atoms with Crippen LogP contribution in [0.15, 0.2) is 36.4 Å². The van der Waals surface area contributed by atoms with Crippen LogP contribution in [0.1, 0.15) is 21.5 Å². The van der Waals surface area contributed by atoms with Crippen LogP contribution in [0.25, 0.3) is 10.2 Å². The number of aromatic nitrogens is 1. The largest absolute Gasteiger partial charge is 0.497 e. The monoisotopic (exact) mass is 383 g/mol. The molecule has 0 aliphatic rings. The van der Waals surface area contributed by atoms with Crippen LogP contribution in [0.2, 0.25) is 0 Å². The van der Waals surface area contributed by atoms with Gasteiger partial charge in [-0.3, -0.25) is 9.69 Å². The van der Waals surface area contributed by atoms with Gasteiger partial charge in [0.25, 0.3) is 5.91 Å². The Kier molecular flexibility index (Phi) is 5.77. The number of aryl methyl sites for hydroxylation is 2. The maximum absolute atomic E-state index is 13.3. The first-order valence-corrected chi connectivity index (χ1v) is 9.69. The zero-order valence-electron chi connectivity index (χ0n) is 16.4. The van der Waals surface area contributed by atoms with Crippen LogP contribution in [-0.4, -0.2) is 50.1 Å². The van der Waals surface area contributed by atoms with Crippen LogP contribution in [0.3, 0.4) is 0 Å². The molecule has 3 aromatic rings. The first-order chi connectivity index (χ1) is 12.9. The molecule has 1 heterocycles. The normalized spacial score (nSPS) is 11.2. The van der Waals surface area contributed by atoms with E-state index in [0.29, 0.717) is 17.9 Å². The summed E-state index contributed by atoms with van der Waals surface area (Å²) in [6, 6.07) is 11.5. The number of methoxy groups -OCH3 is 1. The van der Waals surface area contributed by atoms with Crippen molar-refractivity contribution in [2.75, 3.05) is 39.2 Å². The SMILES string of the molecule is COc1cccc(C(=O)N(CCN(C)C)c2nc3cc(C)c(C)cc3s2)c1. The van der Waals surface area contributed by atoms with Gasteiger partial charge >= 0.3 is 0 Å². The predicted molar refractivity (Wildman–Crippen MR) is 112 cm³/mol. The third kappa shape index (κ3) is 4.28. The second-order valence-corrected chi connectivity index (χ2v) is 7.90. The molecule has 0 saturated heterocycles. The number of carbonyl (C=O) groups excluding carboxylic acids is 1. The van der Waals surface area contributed by atoms with Gasteiger partial charge in [-0.1, -0.05) is 17.4 Å². The highest BCUT2D eigenvalue weighted by molar-refractivity contribution is 7.22. The molecule has 1 amide bonds. The van der Waals surface area contributed by atoms with E-state index in [2.05, 4.69) is 30.9 Å². The van der Waals surface area contributed by atoms with E-state index in [9.17, 15) is 4.79 Å². The van der Waals surface area contributed by atoms with Crippen LogP contribution >= 0.6 is 11.3 Å². The number of hydrogen-bond donors (Lipinski definition) is 0. The van der Waals surface area contributed by atoms with E-state index in [-0.39, 0.29) is 5.91 Å². The molecule has 27 heavy (non-hydrogen) atoms. The van der Waals surface area contributed by atoms with Gasteiger partial charge in [0, 0.05) is 18.7 Å². The van der Waals surface area contributed by atoms with Crippen molar-refractivity contribution in [3.05, 3.63) is 53.1 Å². The molecule has 0 bridgehead atoms. The summed E-state index contributed by atoms with van der Waals surface area (Å²) in [7, 11) is 5.60. The Hall–Kier alpha value is -2.44. The number of likely N-dealkylation sites (N-methyl/N-ethyl adjacent to an activating group) is 1. The third-order valence-corrected chi connectivity index (χ3v) is 5.60. The molecule has 6 heteroatoms. The fourth-order valence-electron chi connectivity index (χ4n) is 2.78. The minimum atomic E-state index is -0.0664. The molecule has 5 nitrogen and oxygen atoms in total. The summed E-state index contributed by atoms with van der Waals surface area (Å²) in [5.74, 6) is 0.604. The van der Waals surface area contributed by atoms with Crippen molar-refractivity contribution >= 4 is 32.6 Å².